The van der Waals surface area contributed by atoms with Crippen LogP contribution in [0.25, 0.3) is 10.2 Å². The number of aliphatic hydroxyl groups is 1. The van der Waals surface area contributed by atoms with Crippen LogP contribution in [0, 0.1) is 5.92 Å². The molecule has 1 fully saturated rings. The van der Waals surface area contributed by atoms with Crippen molar-refractivity contribution in [2.75, 3.05) is 18.4 Å². The fraction of sp³-hybridized carbons (Fsp3) is 0.667. The molecule has 1 saturated carbocycles. The number of hydrogen-bond donors (Lipinski definition) is 3. The van der Waals surface area contributed by atoms with Crippen LogP contribution in [0.2, 0.25) is 0 Å². The number of nitrogens with one attached hydrogen (secondary N) is 2. The molecule has 4 rings (SSSR count). The number of anilines is 1. The summed E-state index contributed by atoms with van der Waals surface area (Å²) in [6.45, 7) is 4.89. The fourth-order valence-corrected chi connectivity index (χ4v) is 4.97. The molecule has 1 amide bonds. The molecule has 0 saturated heterocycles. The Morgan fingerprint density at radius 3 is 2.79 bits per heavy atom. The Kier molecular flexibility index (Phi) is 5.56. The van der Waals surface area contributed by atoms with Crippen molar-refractivity contribution in [1.29, 1.82) is 0 Å². The lowest BCUT2D eigenvalue weighted by Gasteiger charge is -2.17. The van der Waals surface area contributed by atoms with Gasteiger partial charge in [0.05, 0.1) is 17.4 Å². The second kappa shape index (κ2) is 7.95. The van der Waals surface area contributed by atoms with Gasteiger partial charge in [-0.1, -0.05) is 0 Å². The first kappa shape index (κ1) is 19.6. The molecule has 0 aromatic carbocycles. The monoisotopic (exact) mass is 402 g/mol. The molecule has 2 aromatic rings. The maximum Gasteiger partial charge on any atom is 0.227 e. The smallest absolute Gasteiger partial charge is 0.227 e. The number of aryl methyl sites for hydroxylation is 2. The molecule has 0 unspecified atom stereocenters. The number of carbonyl (C=O) groups excluding carboxylic acids is 1. The molecule has 28 heavy (non-hydrogen) atoms. The lowest BCUT2D eigenvalue weighted by Crippen LogP contribution is -2.32. The first-order valence-corrected chi connectivity index (χ1v) is 11.2. The number of rotatable bonds is 8. The van der Waals surface area contributed by atoms with E-state index >= 15 is 0 Å². The van der Waals surface area contributed by atoms with Crippen molar-refractivity contribution >= 4 is 33.3 Å². The van der Waals surface area contributed by atoms with Crippen LogP contribution >= 0.6 is 11.3 Å². The molecule has 0 bridgehead atoms. The Morgan fingerprint density at radius 1 is 1.25 bits per heavy atom. The van der Waals surface area contributed by atoms with E-state index in [4.69, 9.17) is 9.97 Å². The van der Waals surface area contributed by atoms with E-state index in [0.717, 1.165) is 36.0 Å². The first-order valence-electron chi connectivity index (χ1n) is 10.4. The molecule has 2 aliphatic carbocycles. The van der Waals surface area contributed by atoms with Gasteiger partial charge in [-0.05, 0) is 70.3 Å². The van der Waals surface area contributed by atoms with Crippen molar-refractivity contribution in [3.63, 3.8) is 0 Å². The van der Waals surface area contributed by atoms with Gasteiger partial charge in [-0.2, -0.15) is 0 Å². The molecule has 2 heterocycles. The fourth-order valence-electron chi connectivity index (χ4n) is 3.69. The second-order valence-corrected chi connectivity index (χ2v) is 9.88. The van der Waals surface area contributed by atoms with Crippen molar-refractivity contribution in [3.8, 4) is 0 Å². The zero-order valence-corrected chi connectivity index (χ0v) is 17.6. The Labute approximate surface area is 170 Å². The van der Waals surface area contributed by atoms with E-state index in [9.17, 15) is 9.90 Å². The number of thiophene rings is 1. The van der Waals surface area contributed by atoms with Gasteiger partial charge < -0.3 is 15.7 Å². The molecule has 2 aromatic heterocycles. The molecule has 152 valence electrons. The third-order valence-corrected chi connectivity index (χ3v) is 6.68. The van der Waals surface area contributed by atoms with E-state index in [1.165, 1.54) is 41.5 Å². The maximum atomic E-state index is 12.3. The number of carbonyl (C=O) groups is 1. The van der Waals surface area contributed by atoms with Gasteiger partial charge in [0.25, 0.3) is 0 Å². The average molecular weight is 403 g/mol. The summed E-state index contributed by atoms with van der Waals surface area (Å²) in [4.78, 5) is 24.3. The number of fused-ring (bicyclic) bond motifs is 3. The predicted molar refractivity (Wildman–Crippen MR) is 113 cm³/mol. The number of aromatic nitrogens is 2. The number of hydrogen-bond acceptors (Lipinski definition) is 6. The van der Waals surface area contributed by atoms with Crippen LogP contribution in [0.15, 0.2) is 0 Å². The summed E-state index contributed by atoms with van der Waals surface area (Å²) in [6.07, 6.45) is 7.98. The Morgan fingerprint density at radius 2 is 2.04 bits per heavy atom. The minimum absolute atomic E-state index is 0.0990. The van der Waals surface area contributed by atoms with Crippen molar-refractivity contribution in [2.24, 2.45) is 5.92 Å². The highest BCUT2D eigenvalue weighted by Gasteiger charge is 2.25. The van der Waals surface area contributed by atoms with Crippen LogP contribution in [0.1, 0.15) is 62.2 Å². The molecular formula is C21H30N4O2S. The van der Waals surface area contributed by atoms with Crippen LogP contribution in [-0.4, -0.2) is 39.7 Å². The summed E-state index contributed by atoms with van der Waals surface area (Å²) in [7, 11) is 0. The van der Waals surface area contributed by atoms with Crippen molar-refractivity contribution in [1.82, 2.24) is 15.3 Å². The SMILES string of the molecule is CC(C)(O)CCNC(=O)Cc1nc(NCC2CC2)c2c3c(sc2n1)CCCC3. The molecule has 6 nitrogen and oxygen atoms in total. The largest absolute Gasteiger partial charge is 0.390 e. The van der Waals surface area contributed by atoms with Crippen LogP contribution in [-0.2, 0) is 24.1 Å². The second-order valence-electron chi connectivity index (χ2n) is 8.79. The predicted octanol–water partition coefficient (Wildman–Crippen LogP) is 3.21. The van der Waals surface area contributed by atoms with Crippen molar-refractivity contribution in [2.45, 2.75) is 70.8 Å². The minimum atomic E-state index is -0.779. The van der Waals surface area contributed by atoms with E-state index in [0.29, 0.717) is 18.8 Å². The van der Waals surface area contributed by atoms with E-state index in [-0.39, 0.29) is 12.3 Å². The molecule has 7 heteroatoms. The zero-order chi connectivity index (χ0) is 19.7. The van der Waals surface area contributed by atoms with Crippen LogP contribution in [0.4, 0.5) is 5.82 Å². The third kappa shape index (κ3) is 4.81. The summed E-state index contributed by atoms with van der Waals surface area (Å²) < 4.78 is 0. The van der Waals surface area contributed by atoms with Gasteiger partial charge in [0.2, 0.25) is 5.91 Å². The summed E-state index contributed by atoms with van der Waals surface area (Å²) in [5.74, 6) is 2.15. The van der Waals surface area contributed by atoms with Crippen LogP contribution < -0.4 is 10.6 Å². The van der Waals surface area contributed by atoms with Gasteiger partial charge in [-0.3, -0.25) is 4.79 Å². The average Bonchev–Trinajstić information content (AvgIpc) is 3.37. The highest BCUT2D eigenvalue weighted by atomic mass is 32.1. The highest BCUT2D eigenvalue weighted by molar-refractivity contribution is 7.19. The standard InChI is InChI=1S/C21H30N4O2S/c1-21(2,27)9-10-22-17(26)11-16-24-19(23-12-13-7-8-13)18-14-5-3-4-6-15(14)28-20(18)25-16/h13,27H,3-12H2,1-2H3,(H,22,26)(H,23,24,25). The van der Waals surface area contributed by atoms with Gasteiger partial charge in [-0.15, -0.1) is 11.3 Å². The van der Waals surface area contributed by atoms with Gasteiger partial charge in [0, 0.05) is 18.0 Å². The number of amides is 1. The summed E-state index contributed by atoms with van der Waals surface area (Å²) in [5.41, 5.74) is 0.643. The molecule has 3 N–H and O–H groups in total. The molecule has 0 radical (unpaired) electrons. The molecule has 2 aliphatic rings. The normalized spacial score (nSPS) is 16.8. The lowest BCUT2D eigenvalue weighted by molar-refractivity contribution is -0.120. The van der Waals surface area contributed by atoms with Gasteiger partial charge in [0.15, 0.2) is 0 Å². The molecule has 0 spiro atoms. The van der Waals surface area contributed by atoms with E-state index in [1.54, 1.807) is 25.2 Å². The summed E-state index contributed by atoms with van der Waals surface area (Å²) in [5, 5.41) is 17.4. The Bertz CT molecular complexity index is 867. The topological polar surface area (TPSA) is 87.1 Å². The first-order chi connectivity index (χ1) is 13.4. The number of nitrogens with zero attached hydrogens (tertiary/aromatic N) is 2. The maximum absolute atomic E-state index is 12.3. The molecular weight excluding hydrogens is 372 g/mol. The van der Waals surface area contributed by atoms with Crippen LogP contribution in [0.5, 0.6) is 0 Å². The third-order valence-electron chi connectivity index (χ3n) is 5.49. The van der Waals surface area contributed by atoms with Crippen molar-refractivity contribution < 1.29 is 9.90 Å². The van der Waals surface area contributed by atoms with Gasteiger partial charge in [-0.25, -0.2) is 9.97 Å². The van der Waals surface area contributed by atoms with E-state index in [1.807, 2.05) is 0 Å². The van der Waals surface area contributed by atoms with Crippen LogP contribution in [0.3, 0.4) is 0 Å². The molecule has 0 aliphatic heterocycles. The van der Waals surface area contributed by atoms with Crippen molar-refractivity contribution in [3.05, 3.63) is 16.3 Å². The molecule has 0 atom stereocenters. The Hall–Kier alpha value is -1.73. The van der Waals surface area contributed by atoms with E-state index in [2.05, 4.69) is 10.6 Å². The quantitative estimate of drug-likeness (QED) is 0.631. The van der Waals surface area contributed by atoms with E-state index < -0.39 is 5.60 Å². The summed E-state index contributed by atoms with van der Waals surface area (Å²) in [6, 6.07) is 0. The van der Waals surface area contributed by atoms with Gasteiger partial charge in [0.1, 0.15) is 16.5 Å². The lowest BCUT2D eigenvalue weighted by atomic mass is 9.97. The Balaban J connectivity index is 1.53. The van der Waals surface area contributed by atoms with Gasteiger partial charge >= 0.3 is 0 Å². The highest BCUT2D eigenvalue weighted by Crippen LogP contribution is 2.39. The summed E-state index contributed by atoms with van der Waals surface area (Å²) >= 11 is 1.77. The minimum Gasteiger partial charge on any atom is -0.390 e. The zero-order valence-electron chi connectivity index (χ0n) is 16.8.